The van der Waals surface area contributed by atoms with E-state index in [1.165, 1.54) is 48.8 Å². The van der Waals surface area contributed by atoms with Crippen molar-refractivity contribution < 1.29 is 4.39 Å². The molecule has 13 rings (SSSR count). The van der Waals surface area contributed by atoms with Crippen LogP contribution in [0.4, 0.5) is 38.5 Å². The van der Waals surface area contributed by atoms with Gasteiger partial charge >= 0.3 is 0 Å². The molecule has 0 amide bonds. The van der Waals surface area contributed by atoms with Crippen LogP contribution in [-0.4, -0.2) is 8.07 Å². The van der Waals surface area contributed by atoms with Crippen LogP contribution >= 0.6 is 0 Å². The van der Waals surface area contributed by atoms with Crippen LogP contribution in [0.25, 0.3) is 76.8 Å². The fourth-order valence-corrected chi connectivity index (χ4v) is 14.6. The van der Waals surface area contributed by atoms with Crippen molar-refractivity contribution in [2.45, 2.75) is 13.1 Å². The zero-order chi connectivity index (χ0) is 48.3. The first kappa shape index (κ1) is 43.2. The van der Waals surface area contributed by atoms with Gasteiger partial charge in [0, 0.05) is 33.6 Å². The lowest BCUT2D eigenvalue weighted by molar-refractivity contribution is 0.630. The number of fused-ring (bicyclic) bond motifs is 6. The molecule has 0 spiro atoms. The van der Waals surface area contributed by atoms with Gasteiger partial charge in [-0.1, -0.05) is 207 Å². The molecule has 0 bridgehead atoms. The Morgan fingerprint density at radius 2 is 0.847 bits per heavy atom. The van der Waals surface area contributed by atoms with Gasteiger partial charge in [-0.3, -0.25) is 0 Å². The molecule has 0 atom stereocenters. The molecule has 12 aromatic rings. The summed E-state index contributed by atoms with van der Waals surface area (Å²) in [5.41, 5.74) is 14.1. The molecule has 0 aliphatic carbocycles. The van der Waals surface area contributed by atoms with Crippen LogP contribution in [-0.2, 0) is 0 Å². The predicted molar refractivity (Wildman–Crippen MR) is 307 cm³/mol. The zero-order valence-corrected chi connectivity index (χ0v) is 41.1. The largest absolute Gasteiger partial charge is 0.310 e. The highest BCUT2D eigenvalue weighted by Crippen LogP contribution is 2.50. The van der Waals surface area contributed by atoms with Gasteiger partial charge in [0.15, 0.2) is 0 Å². The average Bonchev–Trinajstić information content (AvgIpc) is 3.44. The second-order valence-electron chi connectivity index (χ2n) is 19.4. The third-order valence-electron chi connectivity index (χ3n) is 14.9. The molecule has 0 unspecified atom stereocenters. The number of nitrogens with zero attached hydrogens (tertiary/aromatic N) is 2. The Morgan fingerprint density at radius 3 is 1.53 bits per heavy atom. The summed E-state index contributed by atoms with van der Waals surface area (Å²) < 4.78 is 17.8. The summed E-state index contributed by atoms with van der Waals surface area (Å²) in [6.07, 6.45) is 0. The number of anilines is 6. The minimum atomic E-state index is -2.37. The van der Waals surface area contributed by atoms with E-state index in [0.29, 0.717) is 5.69 Å². The molecule has 72 heavy (non-hydrogen) atoms. The number of halogens is 1. The lowest BCUT2D eigenvalue weighted by Gasteiger charge is -2.36. The van der Waals surface area contributed by atoms with Gasteiger partial charge in [0.25, 0.3) is 0 Å². The van der Waals surface area contributed by atoms with Crippen molar-refractivity contribution in [2.24, 2.45) is 0 Å². The van der Waals surface area contributed by atoms with Crippen molar-refractivity contribution in [1.82, 2.24) is 0 Å². The lowest BCUT2D eigenvalue weighted by Crippen LogP contribution is -2.56. The summed E-state index contributed by atoms with van der Waals surface area (Å²) in [6, 6.07) is 92.3. The van der Waals surface area contributed by atoms with Gasteiger partial charge in [0.1, 0.15) is 13.9 Å². The standard InChI is InChI=1S/C68H49FN2Si/c1-72(2)65-38-22-36-57-60-45-64(71(51-31-16-7-17-32-51)68-58(48-27-12-5-13-28-48)41-49(42-62(68)69)46-23-8-3-9-24-46)55-35-19-18-34-54(55)59(60)44-61(67(57)65)56-40-39-52(43-66(56)72)70(50-29-14-6-15-30-50)63-37-21-20-33-53(63)47-25-10-4-11-26-47/h3-45H,1-2H3. The highest BCUT2D eigenvalue weighted by atomic mass is 28.3. The molecule has 2 nitrogen and oxygen atoms in total. The van der Waals surface area contributed by atoms with Gasteiger partial charge in [0.05, 0.1) is 17.1 Å². The normalized spacial score (nSPS) is 12.5. The SMILES string of the molecule is C[Si]1(C)c2cc(N(c3ccccc3)c3ccccc3-c3ccccc3)ccc2-c2cc3c4ccccc4c(N(c4ccccc4)c4c(F)cc(-c5ccccc5)cc4-c4ccccc4)cc3c3cccc1c23. The molecule has 4 heteroatoms. The van der Waals surface area contributed by atoms with Crippen molar-refractivity contribution in [3.63, 3.8) is 0 Å². The highest BCUT2D eigenvalue weighted by molar-refractivity contribution is 7.03. The number of hydrogen-bond acceptors (Lipinski definition) is 2. The van der Waals surface area contributed by atoms with Gasteiger partial charge in [-0.05, 0) is 137 Å². The van der Waals surface area contributed by atoms with Crippen molar-refractivity contribution in [3.8, 4) is 44.5 Å². The molecular formula is C68H49FN2Si. The van der Waals surface area contributed by atoms with Crippen LogP contribution in [0, 0.1) is 5.82 Å². The van der Waals surface area contributed by atoms with Crippen LogP contribution in [0.1, 0.15) is 0 Å². The second kappa shape index (κ2) is 17.5. The number of para-hydroxylation sites is 3. The summed E-state index contributed by atoms with van der Waals surface area (Å²) in [7, 11) is -2.37. The third-order valence-corrected chi connectivity index (χ3v) is 18.4. The maximum atomic E-state index is 17.8. The Kier molecular flexibility index (Phi) is 10.5. The summed E-state index contributed by atoms with van der Waals surface area (Å²) >= 11 is 0. The van der Waals surface area contributed by atoms with E-state index in [-0.39, 0.29) is 5.82 Å². The predicted octanol–water partition coefficient (Wildman–Crippen LogP) is 18.0. The van der Waals surface area contributed by atoms with E-state index >= 15 is 4.39 Å². The third kappa shape index (κ3) is 7.13. The van der Waals surface area contributed by atoms with Gasteiger partial charge in [-0.25, -0.2) is 4.39 Å². The van der Waals surface area contributed by atoms with Crippen LogP contribution in [0.15, 0.2) is 261 Å². The van der Waals surface area contributed by atoms with Gasteiger partial charge in [0.2, 0.25) is 0 Å². The molecule has 1 aliphatic heterocycles. The minimum absolute atomic E-state index is 0.293. The van der Waals surface area contributed by atoms with E-state index in [0.717, 1.165) is 66.8 Å². The van der Waals surface area contributed by atoms with Crippen LogP contribution in [0.5, 0.6) is 0 Å². The Morgan fingerprint density at radius 1 is 0.306 bits per heavy atom. The summed E-state index contributed by atoms with van der Waals surface area (Å²) in [5, 5.41) is 9.82. The smallest absolute Gasteiger partial charge is 0.148 e. The van der Waals surface area contributed by atoms with E-state index in [1.54, 1.807) is 6.07 Å². The first-order chi connectivity index (χ1) is 35.4. The van der Waals surface area contributed by atoms with Gasteiger partial charge in [-0.2, -0.15) is 0 Å². The highest BCUT2D eigenvalue weighted by Gasteiger charge is 2.37. The van der Waals surface area contributed by atoms with Gasteiger partial charge in [-0.15, -0.1) is 0 Å². The van der Waals surface area contributed by atoms with E-state index < -0.39 is 8.07 Å². The Balaban J connectivity index is 1.05. The lowest BCUT2D eigenvalue weighted by atomic mass is 9.89. The van der Waals surface area contributed by atoms with Crippen LogP contribution < -0.4 is 20.2 Å². The first-order valence-corrected chi connectivity index (χ1v) is 27.8. The molecule has 0 aromatic heterocycles. The van der Waals surface area contributed by atoms with Crippen LogP contribution in [0.3, 0.4) is 0 Å². The summed E-state index contributed by atoms with van der Waals surface area (Å²) in [6.45, 7) is 5.02. The molecule has 0 N–H and O–H groups in total. The van der Waals surface area contributed by atoms with E-state index in [4.69, 9.17) is 0 Å². The fraction of sp³-hybridized carbons (Fsp3) is 0.0294. The fourth-order valence-electron chi connectivity index (χ4n) is 11.5. The van der Waals surface area contributed by atoms with Crippen molar-refractivity contribution in [1.29, 1.82) is 0 Å². The summed E-state index contributed by atoms with van der Waals surface area (Å²) in [4.78, 5) is 4.59. The molecule has 342 valence electrons. The molecule has 0 fully saturated rings. The average molecular weight is 941 g/mol. The van der Waals surface area contributed by atoms with E-state index in [1.807, 2.05) is 66.7 Å². The van der Waals surface area contributed by atoms with Crippen molar-refractivity contribution in [3.05, 3.63) is 267 Å². The zero-order valence-electron chi connectivity index (χ0n) is 40.1. The van der Waals surface area contributed by atoms with Crippen molar-refractivity contribution in [2.75, 3.05) is 9.80 Å². The number of rotatable bonds is 9. The molecular weight excluding hydrogens is 892 g/mol. The Bertz CT molecular complexity index is 4010. The van der Waals surface area contributed by atoms with E-state index in [9.17, 15) is 0 Å². The monoisotopic (exact) mass is 940 g/mol. The van der Waals surface area contributed by atoms with Crippen LogP contribution in [0.2, 0.25) is 13.1 Å². The van der Waals surface area contributed by atoms with E-state index in [2.05, 4.69) is 211 Å². The molecule has 1 heterocycles. The van der Waals surface area contributed by atoms with Gasteiger partial charge < -0.3 is 9.80 Å². The minimum Gasteiger partial charge on any atom is -0.310 e. The quantitative estimate of drug-likeness (QED) is 0.105. The molecule has 0 saturated carbocycles. The Labute approximate surface area is 421 Å². The Hall–Kier alpha value is -8.83. The molecule has 1 aliphatic rings. The van der Waals surface area contributed by atoms with Crippen molar-refractivity contribution >= 4 is 84.9 Å². The topological polar surface area (TPSA) is 6.48 Å². The molecule has 12 aromatic carbocycles. The maximum Gasteiger partial charge on any atom is 0.148 e. The number of benzene rings is 12. The maximum absolute atomic E-state index is 17.8. The first-order valence-electron chi connectivity index (χ1n) is 24.8. The number of hydrogen-bond donors (Lipinski definition) is 0. The summed E-state index contributed by atoms with van der Waals surface area (Å²) in [5.74, 6) is -0.293. The second-order valence-corrected chi connectivity index (χ2v) is 23.7. The molecule has 0 saturated heterocycles. The molecule has 0 radical (unpaired) electrons.